The predicted molar refractivity (Wildman–Crippen MR) is 146 cm³/mol. The van der Waals surface area contributed by atoms with Gasteiger partial charge in [-0.3, -0.25) is 9.59 Å². The second kappa shape index (κ2) is 13.5. The molecule has 0 spiro atoms. The first-order valence-electron chi connectivity index (χ1n) is 13.4. The molecule has 3 N–H and O–H groups in total. The first kappa shape index (κ1) is 27.8. The smallest absolute Gasteiger partial charge is 0.317 e. The second-order valence-electron chi connectivity index (χ2n) is 10.2. The lowest BCUT2D eigenvalue weighted by Crippen LogP contribution is -2.46. The minimum Gasteiger partial charge on any atom is -0.493 e. The van der Waals surface area contributed by atoms with Crippen LogP contribution in [0.5, 0.6) is 5.75 Å². The van der Waals surface area contributed by atoms with Crippen molar-refractivity contribution in [1.29, 1.82) is 0 Å². The zero-order valence-corrected chi connectivity index (χ0v) is 22.3. The minimum absolute atomic E-state index is 0.105. The number of nitrogens with zero attached hydrogens (tertiary/aromatic N) is 1. The normalized spacial score (nSPS) is 20.0. The molecule has 2 fully saturated rings. The first-order chi connectivity index (χ1) is 18.4. The van der Waals surface area contributed by atoms with E-state index in [4.69, 9.17) is 21.4 Å². The Morgan fingerprint density at radius 1 is 0.868 bits per heavy atom. The number of benzene rings is 2. The molecule has 8 nitrogen and oxygen atoms in total. The van der Waals surface area contributed by atoms with Crippen molar-refractivity contribution in [3.05, 3.63) is 64.7 Å². The number of hydrogen-bond donors (Lipinski definition) is 3. The third kappa shape index (κ3) is 7.87. The molecule has 1 saturated carbocycles. The highest BCUT2D eigenvalue weighted by Crippen LogP contribution is 2.30. The topological polar surface area (TPSA) is 108 Å². The van der Waals surface area contributed by atoms with Crippen molar-refractivity contribution >= 4 is 29.5 Å². The van der Waals surface area contributed by atoms with E-state index >= 15 is 0 Å². The summed E-state index contributed by atoms with van der Waals surface area (Å²) in [6.07, 6.45) is 4.94. The third-order valence-electron chi connectivity index (χ3n) is 7.61. The van der Waals surface area contributed by atoms with Gasteiger partial charge in [-0.1, -0.05) is 23.7 Å². The molecule has 38 heavy (non-hydrogen) atoms. The number of likely N-dealkylation sites (tertiary alicyclic amines) is 1. The Balaban J connectivity index is 1.10. The van der Waals surface area contributed by atoms with Gasteiger partial charge in [0.15, 0.2) is 0 Å². The van der Waals surface area contributed by atoms with Crippen LogP contribution >= 0.6 is 11.6 Å². The molecule has 2 aromatic carbocycles. The van der Waals surface area contributed by atoms with Crippen molar-refractivity contribution in [2.75, 3.05) is 32.8 Å². The van der Waals surface area contributed by atoms with Crippen LogP contribution in [-0.4, -0.2) is 60.7 Å². The lowest BCUT2D eigenvalue weighted by atomic mass is 9.82. The monoisotopic (exact) mass is 541 g/mol. The molecule has 1 heterocycles. The number of halogens is 1. The molecule has 3 amide bonds. The Morgan fingerprint density at radius 3 is 2.13 bits per heavy atom. The van der Waals surface area contributed by atoms with Gasteiger partial charge in [-0.25, -0.2) is 4.79 Å². The van der Waals surface area contributed by atoms with Gasteiger partial charge in [0.05, 0.1) is 12.5 Å². The molecule has 0 bridgehead atoms. The van der Waals surface area contributed by atoms with E-state index in [-0.39, 0.29) is 17.9 Å². The van der Waals surface area contributed by atoms with Crippen LogP contribution in [0.1, 0.15) is 60.4 Å². The van der Waals surface area contributed by atoms with Crippen molar-refractivity contribution in [1.82, 2.24) is 15.5 Å². The fourth-order valence-corrected chi connectivity index (χ4v) is 5.33. The highest BCUT2D eigenvalue weighted by Gasteiger charge is 2.26. The number of hydrogen-bond acceptors (Lipinski definition) is 4. The number of nitrogens with one attached hydrogen (secondary N) is 2. The number of carboxylic acids is 1. The van der Waals surface area contributed by atoms with Gasteiger partial charge >= 0.3 is 12.0 Å². The van der Waals surface area contributed by atoms with Crippen molar-refractivity contribution < 1.29 is 24.2 Å². The summed E-state index contributed by atoms with van der Waals surface area (Å²) in [7, 11) is 0. The van der Waals surface area contributed by atoms with Crippen LogP contribution in [-0.2, 0) is 4.79 Å². The number of amides is 3. The van der Waals surface area contributed by atoms with Crippen LogP contribution in [0.25, 0.3) is 0 Å². The van der Waals surface area contributed by atoms with Gasteiger partial charge < -0.3 is 25.4 Å². The number of carbonyl (C=O) groups excluding carboxylic acids is 2. The zero-order valence-electron chi connectivity index (χ0n) is 21.5. The average molecular weight is 542 g/mol. The molecule has 2 aromatic rings. The zero-order chi connectivity index (χ0) is 26.9. The largest absolute Gasteiger partial charge is 0.493 e. The summed E-state index contributed by atoms with van der Waals surface area (Å²) in [4.78, 5) is 37.9. The molecule has 0 atom stereocenters. The number of carbonyl (C=O) groups is 3. The van der Waals surface area contributed by atoms with Crippen molar-refractivity contribution in [2.45, 2.75) is 44.4 Å². The molecular weight excluding hydrogens is 506 g/mol. The maximum atomic E-state index is 12.5. The Morgan fingerprint density at radius 2 is 1.50 bits per heavy atom. The van der Waals surface area contributed by atoms with Crippen LogP contribution in [0, 0.1) is 11.8 Å². The summed E-state index contributed by atoms with van der Waals surface area (Å²) in [5.74, 6) is 0.350. The van der Waals surface area contributed by atoms with Crippen molar-refractivity contribution in [3.63, 3.8) is 0 Å². The number of carboxylic acid groups (broad SMARTS) is 1. The van der Waals surface area contributed by atoms with Crippen molar-refractivity contribution in [3.8, 4) is 5.75 Å². The molecular formula is C29H36ClN3O5. The molecule has 9 heteroatoms. The molecule has 204 valence electrons. The Hall–Kier alpha value is -3.26. The average Bonchev–Trinajstić information content (AvgIpc) is 2.95. The van der Waals surface area contributed by atoms with E-state index in [1.54, 1.807) is 24.3 Å². The summed E-state index contributed by atoms with van der Waals surface area (Å²) in [5.41, 5.74) is 1.78. The number of aliphatic carboxylic acids is 1. The molecule has 1 saturated heterocycles. The fourth-order valence-electron chi connectivity index (χ4n) is 5.20. The van der Waals surface area contributed by atoms with Gasteiger partial charge in [0.1, 0.15) is 5.75 Å². The number of ether oxygens (including phenoxy) is 1. The quantitative estimate of drug-likeness (QED) is 0.390. The van der Waals surface area contributed by atoms with Gasteiger partial charge in [0.2, 0.25) is 0 Å². The second-order valence-corrected chi connectivity index (χ2v) is 10.6. The lowest BCUT2D eigenvalue weighted by molar-refractivity contribution is -0.143. The molecule has 0 radical (unpaired) electrons. The van der Waals surface area contributed by atoms with Gasteiger partial charge in [-0.15, -0.1) is 0 Å². The molecule has 1 aliphatic heterocycles. The van der Waals surface area contributed by atoms with Crippen LogP contribution in [0.3, 0.4) is 0 Å². The first-order valence-corrected chi connectivity index (χ1v) is 13.8. The predicted octanol–water partition coefficient (Wildman–Crippen LogP) is 4.93. The minimum atomic E-state index is -0.702. The maximum absolute atomic E-state index is 12.5. The van der Waals surface area contributed by atoms with E-state index in [0.717, 1.165) is 30.7 Å². The Labute approximate surface area is 228 Å². The summed E-state index contributed by atoms with van der Waals surface area (Å²) in [6.45, 7) is 2.64. The van der Waals surface area contributed by atoms with E-state index < -0.39 is 5.97 Å². The number of piperidine rings is 1. The summed E-state index contributed by atoms with van der Waals surface area (Å²) >= 11 is 5.98. The lowest BCUT2D eigenvalue weighted by Gasteiger charge is -2.32. The summed E-state index contributed by atoms with van der Waals surface area (Å²) in [5, 5.41) is 15.6. The summed E-state index contributed by atoms with van der Waals surface area (Å²) < 4.78 is 5.86. The molecule has 2 aliphatic rings. The molecule has 4 rings (SSSR count). The van der Waals surface area contributed by atoms with Crippen molar-refractivity contribution in [2.24, 2.45) is 11.8 Å². The molecule has 1 aliphatic carbocycles. The third-order valence-corrected chi connectivity index (χ3v) is 7.86. The van der Waals surface area contributed by atoms with Crippen LogP contribution in [0.4, 0.5) is 4.79 Å². The van der Waals surface area contributed by atoms with Gasteiger partial charge in [-0.05, 0) is 92.3 Å². The standard InChI is InChI=1S/C29H36ClN3O5/c30-25-9-5-21(6-10-25)22-13-17-33(18-14-22)29(37)32-16-15-31-27(34)23-7-11-26(12-8-23)38-19-20-1-3-24(4-2-20)28(35)36/h5-12,20,22,24H,1-4,13-19H2,(H,31,34)(H,32,37)(H,35,36). The Kier molecular flexibility index (Phi) is 9.87. The fraction of sp³-hybridized carbons (Fsp3) is 0.483. The number of urea groups is 1. The Bertz CT molecular complexity index is 1080. The van der Waals surface area contributed by atoms with E-state index in [2.05, 4.69) is 22.8 Å². The van der Waals surface area contributed by atoms with E-state index in [1.807, 2.05) is 17.0 Å². The highest BCUT2D eigenvalue weighted by molar-refractivity contribution is 6.30. The molecule has 0 unspecified atom stereocenters. The van der Waals surface area contributed by atoms with E-state index in [9.17, 15) is 14.4 Å². The molecule has 0 aromatic heterocycles. The van der Waals surface area contributed by atoms with Gasteiger partial charge in [-0.2, -0.15) is 0 Å². The number of rotatable bonds is 9. The SMILES string of the molecule is O=C(NCCNC(=O)N1CCC(c2ccc(Cl)cc2)CC1)c1ccc(OCC2CCC(C(=O)O)CC2)cc1. The van der Waals surface area contributed by atoms with E-state index in [1.165, 1.54) is 5.56 Å². The van der Waals surface area contributed by atoms with Crippen LogP contribution < -0.4 is 15.4 Å². The van der Waals surface area contributed by atoms with Crippen LogP contribution in [0.2, 0.25) is 5.02 Å². The van der Waals surface area contributed by atoms with Crippen LogP contribution in [0.15, 0.2) is 48.5 Å². The maximum Gasteiger partial charge on any atom is 0.317 e. The van der Waals surface area contributed by atoms with Gasteiger partial charge in [0.25, 0.3) is 5.91 Å². The summed E-state index contributed by atoms with van der Waals surface area (Å²) in [6, 6.07) is 14.8. The van der Waals surface area contributed by atoms with Gasteiger partial charge in [0, 0.05) is 36.8 Å². The highest BCUT2D eigenvalue weighted by atomic mass is 35.5. The van der Waals surface area contributed by atoms with E-state index in [0.29, 0.717) is 68.8 Å².